The molecule has 0 aromatic carbocycles. The lowest BCUT2D eigenvalue weighted by atomic mass is 10.1. The van der Waals surface area contributed by atoms with Crippen LogP contribution in [0.5, 0.6) is 0 Å². The molecule has 0 saturated carbocycles. The van der Waals surface area contributed by atoms with Gasteiger partial charge in [0.25, 0.3) is 0 Å². The molecular formula is C11H17N4-. The number of hydrogen-bond donors (Lipinski definition) is 0. The highest BCUT2D eigenvalue weighted by molar-refractivity contribution is 5.48. The Hall–Kier alpha value is -1.16. The van der Waals surface area contributed by atoms with Gasteiger partial charge >= 0.3 is 0 Å². The standard InChI is InChI=1S/C11H17N4/c1-4-15(3)11-9-5-6-14(2)7-10(9)12-8-13-11/h8H,2,4-7H2,1,3H3/q-1. The molecule has 0 amide bonds. The van der Waals surface area contributed by atoms with Gasteiger partial charge in [-0.3, -0.25) is 7.05 Å². The fraction of sp³-hybridized carbons (Fsp3) is 0.545. The van der Waals surface area contributed by atoms with Crippen LogP contribution in [0, 0.1) is 7.05 Å². The van der Waals surface area contributed by atoms with E-state index in [1.165, 1.54) is 5.56 Å². The fourth-order valence-electron chi connectivity index (χ4n) is 1.87. The van der Waals surface area contributed by atoms with Crippen molar-refractivity contribution in [3.63, 3.8) is 0 Å². The third-order valence-electron chi connectivity index (χ3n) is 2.90. The van der Waals surface area contributed by atoms with E-state index in [4.69, 9.17) is 0 Å². The van der Waals surface area contributed by atoms with Crippen LogP contribution in [0.3, 0.4) is 0 Å². The summed E-state index contributed by atoms with van der Waals surface area (Å²) in [6.07, 6.45) is 2.65. The van der Waals surface area contributed by atoms with Crippen LogP contribution < -0.4 is 4.90 Å². The summed E-state index contributed by atoms with van der Waals surface area (Å²) in [7, 11) is 6.02. The maximum atomic E-state index is 4.36. The van der Waals surface area contributed by atoms with Gasteiger partial charge in [0, 0.05) is 25.7 Å². The molecule has 0 atom stereocenters. The number of fused-ring (bicyclic) bond motifs is 1. The van der Waals surface area contributed by atoms with Gasteiger partial charge in [0.1, 0.15) is 12.1 Å². The van der Waals surface area contributed by atoms with Crippen LogP contribution in [0.15, 0.2) is 6.33 Å². The minimum Gasteiger partial charge on any atom is -0.454 e. The molecule has 1 aromatic heterocycles. The molecular weight excluding hydrogens is 188 g/mol. The lowest BCUT2D eigenvalue weighted by molar-refractivity contribution is 0.340. The second-order valence-electron chi connectivity index (χ2n) is 3.94. The zero-order chi connectivity index (χ0) is 10.8. The van der Waals surface area contributed by atoms with Gasteiger partial charge in [0.05, 0.1) is 5.69 Å². The zero-order valence-corrected chi connectivity index (χ0v) is 9.40. The Labute approximate surface area is 90.9 Å². The van der Waals surface area contributed by atoms with Gasteiger partial charge in [0.2, 0.25) is 0 Å². The smallest absolute Gasteiger partial charge is 0.135 e. The molecule has 2 rings (SSSR count). The average molecular weight is 205 g/mol. The first kappa shape index (κ1) is 10.4. The van der Waals surface area contributed by atoms with Crippen LogP contribution in [0.2, 0.25) is 0 Å². The summed E-state index contributed by atoms with van der Waals surface area (Å²) in [5.74, 6) is 1.08. The van der Waals surface area contributed by atoms with Crippen molar-refractivity contribution < 1.29 is 0 Å². The minimum atomic E-state index is 0.836. The second kappa shape index (κ2) is 4.14. The van der Waals surface area contributed by atoms with Crippen LogP contribution in [-0.2, 0) is 13.0 Å². The predicted molar refractivity (Wildman–Crippen MR) is 60.4 cm³/mol. The fourth-order valence-corrected chi connectivity index (χ4v) is 1.87. The molecule has 0 bridgehead atoms. The Balaban J connectivity index is 2.37. The molecule has 1 aliphatic heterocycles. The highest BCUT2D eigenvalue weighted by Crippen LogP contribution is 2.23. The van der Waals surface area contributed by atoms with Crippen LogP contribution in [0.25, 0.3) is 0 Å². The summed E-state index contributed by atoms with van der Waals surface area (Å²) in [6, 6.07) is 0. The van der Waals surface area contributed by atoms with Crippen molar-refractivity contribution >= 4 is 5.82 Å². The summed E-state index contributed by atoms with van der Waals surface area (Å²) < 4.78 is 0. The maximum Gasteiger partial charge on any atom is 0.135 e. The number of rotatable bonds is 2. The first-order chi connectivity index (χ1) is 7.22. The highest BCUT2D eigenvalue weighted by atomic mass is 15.2. The van der Waals surface area contributed by atoms with Crippen molar-refractivity contribution in [2.24, 2.45) is 0 Å². The summed E-state index contributed by atoms with van der Waals surface area (Å²) in [4.78, 5) is 12.9. The van der Waals surface area contributed by atoms with E-state index in [9.17, 15) is 0 Å². The van der Waals surface area contributed by atoms with Gasteiger partial charge in [0.15, 0.2) is 0 Å². The third kappa shape index (κ3) is 1.95. The van der Waals surface area contributed by atoms with Crippen molar-refractivity contribution in [1.29, 1.82) is 0 Å². The summed E-state index contributed by atoms with van der Waals surface area (Å²) in [6.45, 7) is 4.93. The molecule has 82 valence electrons. The van der Waals surface area contributed by atoms with E-state index >= 15 is 0 Å². The van der Waals surface area contributed by atoms with Crippen LogP contribution in [0.4, 0.5) is 5.82 Å². The maximum absolute atomic E-state index is 4.36. The summed E-state index contributed by atoms with van der Waals surface area (Å²) >= 11 is 0. The van der Waals surface area contributed by atoms with Crippen molar-refractivity contribution in [3.8, 4) is 0 Å². The van der Waals surface area contributed by atoms with Crippen molar-refractivity contribution in [2.45, 2.75) is 19.9 Å². The van der Waals surface area contributed by atoms with Crippen LogP contribution in [0.1, 0.15) is 18.2 Å². The molecule has 2 heterocycles. The molecule has 0 fully saturated rings. The molecule has 0 saturated heterocycles. The Kier molecular flexibility index (Phi) is 2.86. The molecule has 1 aliphatic rings. The molecule has 0 unspecified atom stereocenters. The van der Waals surface area contributed by atoms with E-state index in [1.54, 1.807) is 6.33 Å². The molecule has 0 aliphatic carbocycles. The van der Waals surface area contributed by atoms with Crippen LogP contribution >= 0.6 is 0 Å². The van der Waals surface area contributed by atoms with E-state index in [0.29, 0.717) is 0 Å². The predicted octanol–water partition coefficient (Wildman–Crippen LogP) is 1.08. The summed E-state index contributed by atoms with van der Waals surface area (Å²) in [5.41, 5.74) is 2.42. The highest BCUT2D eigenvalue weighted by Gasteiger charge is 2.17. The number of nitrogens with zero attached hydrogens (tertiary/aromatic N) is 4. The molecule has 4 nitrogen and oxygen atoms in total. The van der Waals surface area contributed by atoms with E-state index in [-0.39, 0.29) is 0 Å². The first-order valence-corrected chi connectivity index (χ1v) is 5.31. The minimum absolute atomic E-state index is 0.836. The quantitative estimate of drug-likeness (QED) is 0.676. The normalized spacial score (nSPS) is 16.2. The number of hydrogen-bond acceptors (Lipinski definition) is 4. The Bertz CT molecular complexity index is 350. The SMILES string of the molecule is [CH2-]N1CCc2c(ncnc2N(C)CC)C1. The summed E-state index contributed by atoms with van der Waals surface area (Å²) in [5, 5.41) is 0. The lowest BCUT2D eigenvalue weighted by Gasteiger charge is -2.32. The molecule has 4 heteroatoms. The second-order valence-corrected chi connectivity index (χ2v) is 3.94. The molecule has 0 spiro atoms. The largest absolute Gasteiger partial charge is 0.454 e. The van der Waals surface area contributed by atoms with Gasteiger partial charge < -0.3 is 9.80 Å². The zero-order valence-electron chi connectivity index (χ0n) is 9.40. The Morgan fingerprint density at radius 2 is 2.33 bits per heavy atom. The third-order valence-corrected chi connectivity index (χ3v) is 2.90. The van der Waals surface area contributed by atoms with Crippen molar-refractivity contribution in [3.05, 3.63) is 24.6 Å². The first-order valence-electron chi connectivity index (χ1n) is 5.31. The van der Waals surface area contributed by atoms with Gasteiger partial charge in [-0.2, -0.15) is 0 Å². The molecule has 15 heavy (non-hydrogen) atoms. The number of aromatic nitrogens is 2. The molecule has 0 radical (unpaired) electrons. The van der Waals surface area contributed by atoms with E-state index in [1.807, 2.05) is 4.90 Å². The van der Waals surface area contributed by atoms with E-state index < -0.39 is 0 Å². The lowest BCUT2D eigenvalue weighted by Crippen LogP contribution is -2.29. The Morgan fingerprint density at radius 3 is 3.07 bits per heavy atom. The average Bonchev–Trinajstić information content (AvgIpc) is 2.26. The van der Waals surface area contributed by atoms with Gasteiger partial charge in [-0.1, -0.05) is 0 Å². The molecule has 0 N–H and O–H groups in total. The van der Waals surface area contributed by atoms with Crippen molar-refractivity contribution in [2.75, 3.05) is 25.0 Å². The number of anilines is 1. The van der Waals surface area contributed by atoms with Gasteiger partial charge in [-0.15, -0.1) is 0 Å². The topological polar surface area (TPSA) is 32.3 Å². The van der Waals surface area contributed by atoms with Gasteiger partial charge in [-0.25, -0.2) is 9.97 Å². The van der Waals surface area contributed by atoms with E-state index in [0.717, 1.165) is 37.6 Å². The molecule has 1 aromatic rings. The van der Waals surface area contributed by atoms with Gasteiger partial charge in [-0.05, 0) is 19.9 Å². The van der Waals surface area contributed by atoms with Crippen LogP contribution in [-0.4, -0.2) is 35.0 Å². The monoisotopic (exact) mass is 205 g/mol. The van der Waals surface area contributed by atoms with Crippen molar-refractivity contribution in [1.82, 2.24) is 14.9 Å². The Morgan fingerprint density at radius 1 is 1.53 bits per heavy atom. The van der Waals surface area contributed by atoms with E-state index in [2.05, 4.69) is 35.9 Å².